The second-order valence-electron chi connectivity index (χ2n) is 9.00. The van der Waals surface area contributed by atoms with Crippen LogP contribution in [0.5, 0.6) is 11.6 Å². The van der Waals surface area contributed by atoms with E-state index in [9.17, 15) is 0 Å². The molecule has 5 nitrogen and oxygen atoms in total. The monoisotopic (exact) mass is 381 g/mol. The molecule has 2 aromatic rings. The number of rotatable bonds is 4. The minimum atomic E-state index is -0.113. The lowest BCUT2D eigenvalue weighted by molar-refractivity contribution is -0.0884. The SMILES string of the molecule is Cc1ccc(Oc2cccc3c2C2CCCN(COC(C)(C)C)C2CC3)nn1. The van der Waals surface area contributed by atoms with Crippen molar-refractivity contribution in [3.05, 3.63) is 47.2 Å². The van der Waals surface area contributed by atoms with Crippen LogP contribution in [0.1, 0.15) is 62.8 Å². The topological polar surface area (TPSA) is 47.5 Å². The average Bonchev–Trinajstić information content (AvgIpc) is 2.67. The van der Waals surface area contributed by atoms with Crippen molar-refractivity contribution < 1.29 is 9.47 Å². The number of aryl methyl sites for hydroxylation is 2. The molecule has 0 saturated carbocycles. The fourth-order valence-electron chi connectivity index (χ4n) is 4.46. The third-order valence-corrected chi connectivity index (χ3v) is 5.78. The van der Waals surface area contributed by atoms with Crippen molar-refractivity contribution in [2.45, 2.75) is 70.9 Å². The van der Waals surface area contributed by atoms with Gasteiger partial charge in [-0.15, -0.1) is 5.10 Å². The minimum absolute atomic E-state index is 0.113. The number of hydrogen-bond acceptors (Lipinski definition) is 5. The highest BCUT2D eigenvalue weighted by Gasteiger charge is 2.38. The largest absolute Gasteiger partial charge is 0.437 e. The van der Waals surface area contributed by atoms with Crippen molar-refractivity contribution in [2.75, 3.05) is 13.3 Å². The van der Waals surface area contributed by atoms with E-state index < -0.39 is 0 Å². The van der Waals surface area contributed by atoms with Crippen LogP contribution in [0.3, 0.4) is 0 Å². The molecule has 2 heterocycles. The third-order valence-electron chi connectivity index (χ3n) is 5.78. The van der Waals surface area contributed by atoms with Crippen LogP contribution >= 0.6 is 0 Å². The van der Waals surface area contributed by atoms with Crippen LogP contribution < -0.4 is 4.74 Å². The van der Waals surface area contributed by atoms with Crippen molar-refractivity contribution in [1.82, 2.24) is 15.1 Å². The third kappa shape index (κ3) is 4.20. The van der Waals surface area contributed by atoms with E-state index in [1.165, 1.54) is 30.4 Å². The quantitative estimate of drug-likeness (QED) is 0.758. The van der Waals surface area contributed by atoms with Gasteiger partial charge in [0.1, 0.15) is 5.75 Å². The molecule has 4 rings (SSSR count). The number of hydrogen-bond donors (Lipinski definition) is 0. The van der Waals surface area contributed by atoms with E-state index >= 15 is 0 Å². The molecule has 0 spiro atoms. The standard InChI is InChI=1S/C23H31N3O2/c1-16-10-13-21(25-24-16)28-20-9-5-7-17-11-12-19-18(22(17)20)8-6-14-26(19)15-27-23(2,3)4/h5,7,9-10,13,18-19H,6,8,11-12,14-15H2,1-4H3. The minimum Gasteiger partial charge on any atom is -0.437 e. The van der Waals surface area contributed by atoms with Crippen molar-refractivity contribution in [1.29, 1.82) is 0 Å². The molecule has 0 bridgehead atoms. The number of benzene rings is 1. The Morgan fingerprint density at radius 1 is 1.11 bits per heavy atom. The van der Waals surface area contributed by atoms with E-state index in [0.717, 1.165) is 24.4 Å². The van der Waals surface area contributed by atoms with Crippen molar-refractivity contribution in [2.24, 2.45) is 0 Å². The zero-order valence-electron chi connectivity index (χ0n) is 17.4. The molecular weight excluding hydrogens is 350 g/mol. The molecule has 150 valence electrons. The molecule has 1 aromatic carbocycles. The lowest BCUT2D eigenvalue weighted by Crippen LogP contribution is -2.48. The molecule has 1 aliphatic carbocycles. The van der Waals surface area contributed by atoms with Crippen molar-refractivity contribution in [3.63, 3.8) is 0 Å². The summed E-state index contributed by atoms with van der Waals surface area (Å²) >= 11 is 0. The second-order valence-corrected chi connectivity index (χ2v) is 9.00. The maximum absolute atomic E-state index is 6.21. The van der Waals surface area contributed by atoms with Gasteiger partial charge in [-0.3, -0.25) is 4.90 Å². The summed E-state index contributed by atoms with van der Waals surface area (Å²) in [6.07, 6.45) is 4.65. The normalized spacial score (nSPS) is 22.4. The molecule has 5 heteroatoms. The lowest BCUT2D eigenvalue weighted by atomic mass is 9.74. The maximum Gasteiger partial charge on any atom is 0.238 e. The summed E-state index contributed by atoms with van der Waals surface area (Å²) in [5.41, 5.74) is 3.56. The van der Waals surface area contributed by atoms with Crippen LogP contribution in [0.2, 0.25) is 0 Å². The predicted octanol–water partition coefficient (Wildman–Crippen LogP) is 4.84. The lowest BCUT2D eigenvalue weighted by Gasteiger charge is -2.45. The summed E-state index contributed by atoms with van der Waals surface area (Å²) in [6, 6.07) is 10.8. The fraction of sp³-hybridized carbons (Fsp3) is 0.565. The molecular formula is C23H31N3O2. The first-order chi connectivity index (χ1) is 13.4. The van der Waals surface area contributed by atoms with Crippen LogP contribution in [0, 0.1) is 6.92 Å². The summed E-state index contributed by atoms with van der Waals surface area (Å²) in [4.78, 5) is 2.53. The van der Waals surface area contributed by atoms with Crippen molar-refractivity contribution in [3.8, 4) is 11.6 Å². The highest BCUT2D eigenvalue weighted by Crippen LogP contribution is 2.45. The Morgan fingerprint density at radius 3 is 2.71 bits per heavy atom. The van der Waals surface area contributed by atoms with Gasteiger partial charge in [0.2, 0.25) is 5.88 Å². The van der Waals surface area contributed by atoms with Gasteiger partial charge in [0.25, 0.3) is 0 Å². The Bertz CT molecular complexity index is 814. The van der Waals surface area contributed by atoms with Crippen LogP contribution in [-0.4, -0.2) is 40.0 Å². The van der Waals surface area contributed by atoms with Crippen LogP contribution in [0.4, 0.5) is 0 Å². The van der Waals surface area contributed by atoms with Gasteiger partial charge in [-0.05, 0) is 71.1 Å². The van der Waals surface area contributed by atoms with E-state index in [1.807, 2.05) is 19.1 Å². The van der Waals surface area contributed by atoms with Gasteiger partial charge in [-0.25, -0.2) is 0 Å². The molecule has 1 aliphatic heterocycles. The first kappa shape index (κ1) is 19.3. The number of piperidine rings is 1. The smallest absolute Gasteiger partial charge is 0.238 e. The first-order valence-electron chi connectivity index (χ1n) is 10.4. The summed E-state index contributed by atoms with van der Waals surface area (Å²) < 4.78 is 12.3. The molecule has 0 amide bonds. The molecule has 1 fully saturated rings. The van der Waals surface area contributed by atoms with Gasteiger partial charge < -0.3 is 9.47 Å². The molecule has 28 heavy (non-hydrogen) atoms. The Morgan fingerprint density at radius 2 is 1.96 bits per heavy atom. The maximum atomic E-state index is 6.21. The Kier molecular flexibility index (Phi) is 5.39. The summed E-state index contributed by atoms with van der Waals surface area (Å²) in [6.45, 7) is 10.1. The predicted molar refractivity (Wildman–Crippen MR) is 110 cm³/mol. The van der Waals surface area contributed by atoms with E-state index in [2.05, 4.69) is 54.1 Å². The molecule has 1 saturated heterocycles. The van der Waals surface area contributed by atoms with Crippen LogP contribution in [0.15, 0.2) is 30.3 Å². The Hall–Kier alpha value is -1.98. The fourth-order valence-corrected chi connectivity index (χ4v) is 4.46. The van der Waals surface area contributed by atoms with Gasteiger partial charge in [0.05, 0.1) is 18.0 Å². The zero-order valence-corrected chi connectivity index (χ0v) is 17.4. The number of aromatic nitrogens is 2. The Labute approximate surface area is 168 Å². The van der Waals surface area contributed by atoms with E-state index in [4.69, 9.17) is 9.47 Å². The van der Waals surface area contributed by atoms with E-state index in [1.54, 1.807) is 0 Å². The molecule has 1 aromatic heterocycles. The molecule has 2 atom stereocenters. The number of likely N-dealkylation sites (tertiary alicyclic amines) is 1. The first-order valence-corrected chi connectivity index (χ1v) is 10.4. The zero-order chi connectivity index (χ0) is 19.7. The highest BCUT2D eigenvalue weighted by molar-refractivity contribution is 5.47. The van der Waals surface area contributed by atoms with Crippen LogP contribution in [0.25, 0.3) is 0 Å². The second kappa shape index (κ2) is 7.80. The van der Waals surface area contributed by atoms with Crippen LogP contribution in [-0.2, 0) is 11.2 Å². The molecule has 2 unspecified atom stereocenters. The van der Waals surface area contributed by atoms with Gasteiger partial charge in [-0.2, -0.15) is 5.10 Å². The molecule has 2 aliphatic rings. The van der Waals surface area contributed by atoms with Gasteiger partial charge in [-0.1, -0.05) is 12.1 Å². The van der Waals surface area contributed by atoms with E-state index in [-0.39, 0.29) is 5.60 Å². The van der Waals surface area contributed by atoms with E-state index in [0.29, 0.717) is 24.6 Å². The summed E-state index contributed by atoms with van der Waals surface area (Å²) in [5.74, 6) is 1.98. The highest BCUT2D eigenvalue weighted by atomic mass is 16.5. The van der Waals surface area contributed by atoms with Gasteiger partial charge in [0.15, 0.2) is 0 Å². The number of ether oxygens (including phenoxy) is 2. The number of fused-ring (bicyclic) bond motifs is 3. The van der Waals surface area contributed by atoms with Crippen molar-refractivity contribution >= 4 is 0 Å². The summed E-state index contributed by atoms with van der Waals surface area (Å²) in [5, 5.41) is 8.32. The summed E-state index contributed by atoms with van der Waals surface area (Å²) in [7, 11) is 0. The molecule has 0 radical (unpaired) electrons. The van der Waals surface area contributed by atoms with Gasteiger partial charge in [0, 0.05) is 30.1 Å². The number of nitrogens with zero attached hydrogens (tertiary/aromatic N) is 3. The van der Waals surface area contributed by atoms with Gasteiger partial charge >= 0.3 is 0 Å². The average molecular weight is 382 g/mol. The molecule has 0 N–H and O–H groups in total. The Balaban J connectivity index is 1.59.